The third-order valence-corrected chi connectivity index (χ3v) is 3.59. The minimum absolute atomic E-state index is 0. The van der Waals surface area contributed by atoms with E-state index in [2.05, 4.69) is 34.0 Å². The zero-order chi connectivity index (χ0) is 15.1. The number of benzene rings is 1. The number of hydrogen-bond donors (Lipinski definition) is 1. The van der Waals surface area contributed by atoms with Crippen molar-refractivity contribution in [3.05, 3.63) is 30.1 Å². The first-order valence-corrected chi connectivity index (χ1v) is 7.79. The minimum atomic E-state index is -0.141. The minimum Gasteiger partial charge on any atom is -0.366 e. The van der Waals surface area contributed by atoms with E-state index in [1.165, 1.54) is 6.07 Å². The van der Waals surface area contributed by atoms with E-state index < -0.39 is 0 Å². The maximum Gasteiger partial charge on any atom is 0.194 e. The van der Waals surface area contributed by atoms with E-state index in [0.717, 1.165) is 51.6 Å². The molecule has 0 unspecified atom stereocenters. The number of nitrogens with one attached hydrogen (secondary N) is 1. The van der Waals surface area contributed by atoms with Gasteiger partial charge in [-0.2, -0.15) is 0 Å². The number of guanidine groups is 1. The molecule has 1 aromatic rings. The van der Waals surface area contributed by atoms with Crippen LogP contribution in [0.1, 0.15) is 20.3 Å². The summed E-state index contributed by atoms with van der Waals surface area (Å²) in [6, 6.07) is 6.99. The van der Waals surface area contributed by atoms with Crippen LogP contribution < -0.4 is 10.2 Å². The second kappa shape index (κ2) is 9.86. The van der Waals surface area contributed by atoms with Crippen molar-refractivity contribution < 1.29 is 4.39 Å². The van der Waals surface area contributed by atoms with Crippen LogP contribution >= 0.6 is 24.0 Å². The Morgan fingerprint density at radius 3 is 2.45 bits per heavy atom. The number of rotatable bonds is 4. The molecule has 0 radical (unpaired) electrons. The third kappa shape index (κ3) is 5.00. The molecule has 22 heavy (non-hydrogen) atoms. The lowest BCUT2D eigenvalue weighted by molar-refractivity contribution is 0.371. The van der Waals surface area contributed by atoms with Crippen LogP contribution in [0.5, 0.6) is 0 Å². The Kier molecular flexibility index (Phi) is 8.52. The lowest BCUT2D eigenvalue weighted by Crippen LogP contribution is -2.52. The van der Waals surface area contributed by atoms with E-state index in [9.17, 15) is 4.39 Å². The monoisotopic (exact) mass is 420 g/mol. The van der Waals surface area contributed by atoms with Crippen LogP contribution in [0.25, 0.3) is 0 Å². The summed E-state index contributed by atoms with van der Waals surface area (Å²) in [5.74, 6) is 0.838. The number of nitrogens with zero attached hydrogens (tertiary/aromatic N) is 3. The number of hydrogen-bond acceptors (Lipinski definition) is 2. The molecule has 4 nitrogen and oxygen atoms in total. The molecular weight excluding hydrogens is 394 g/mol. The average molecular weight is 420 g/mol. The van der Waals surface area contributed by atoms with Crippen LogP contribution in [0.2, 0.25) is 0 Å². The summed E-state index contributed by atoms with van der Waals surface area (Å²) < 4.78 is 13.8. The Bertz CT molecular complexity index is 473. The third-order valence-electron chi connectivity index (χ3n) is 3.59. The fraction of sp³-hybridized carbons (Fsp3) is 0.562. The summed E-state index contributed by atoms with van der Waals surface area (Å²) in [4.78, 5) is 8.98. The molecule has 0 aromatic heterocycles. The molecule has 1 aromatic carbocycles. The molecule has 0 saturated carbocycles. The Morgan fingerprint density at radius 2 is 1.86 bits per heavy atom. The van der Waals surface area contributed by atoms with Gasteiger partial charge in [0.05, 0.1) is 5.69 Å². The second-order valence-electron chi connectivity index (χ2n) is 5.16. The predicted octanol–water partition coefficient (Wildman–Crippen LogP) is 2.94. The molecule has 6 heteroatoms. The molecule has 0 spiro atoms. The summed E-state index contributed by atoms with van der Waals surface area (Å²) in [5, 5.41) is 3.34. The topological polar surface area (TPSA) is 30.9 Å². The summed E-state index contributed by atoms with van der Waals surface area (Å²) in [6.07, 6.45) is 1.05. The van der Waals surface area contributed by atoms with Crippen molar-refractivity contribution in [3.8, 4) is 0 Å². The van der Waals surface area contributed by atoms with Crippen LogP contribution in [-0.4, -0.2) is 50.1 Å². The maximum absolute atomic E-state index is 13.8. The standard InChI is InChI=1S/C16H25FN4.HI/c1-3-9-19-16(18-4-2)21-12-10-20(11-13-21)15-8-6-5-7-14(15)17;/h5-8H,3-4,9-13H2,1-2H3,(H,18,19);1H. The number of halogens is 2. The normalized spacial score (nSPS) is 15.5. The highest BCUT2D eigenvalue weighted by molar-refractivity contribution is 14.0. The van der Waals surface area contributed by atoms with E-state index in [1.54, 1.807) is 6.07 Å². The van der Waals surface area contributed by atoms with Crippen molar-refractivity contribution >= 4 is 35.6 Å². The van der Waals surface area contributed by atoms with Gasteiger partial charge in [-0.1, -0.05) is 19.1 Å². The molecule has 1 saturated heterocycles. The van der Waals surface area contributed by atoms with Gasteiger partial charge in [0, 0.05) is 39.3 Å². The van der Waals surface area contributed by atoms with Gasteiger partial charge in [0.2, 0.25) is 0 Å². The van der Waals surface area contributed by atoms with E-state index in [0.29, 0.717) is 5.69 Å². The number of anilines is 1. The van der Waals surface area contributed by atoms with Crippen molar-refractivity contribution in [2.75, 3.05) is 44.2 Å². The van der Waals surface area contributed by atoms with Gasteiger partial charge in [-0.15, -0.1) is 24.0 Å². The lowest BCUT2D eigenvalue weighted by atomic mass is 10.2. The van der Waals surface area contributed by atoms with Crippen molar-refractivity contribution in [3.63, 3.8) is 0 Å². The quantitative estimate of drug-likeness (QED) is 0.462. The molecule has 1 N–H and O–H groups in total. The molecule has 0 amide bonds. The highest BCUT2D eigenvalue weighted by Gasteiger charge is 2.21. The van der Waals surface area contributed by atoms with Gasteiger partial charge in [0.1, 0.15) is 5.82 Å². The van der Waals surface area contributed by atoms with Crippen LogP contribution in [0, 0.1) is 5.82 Å². The van der Waals surface area contributed by atoms with Gasteiger partial charge in [-0.25, -0.2) is 4.39 Å². The Labute approximate surface area is 149 Å². The first-order chi connectivity index (χ1) is 10.3. The van der Waals surface area contributed by atoms with Gasteiger partial charge in [-0.05, 0) is 25.5 Å². The molecule has 0 atom stereocenters. The average Bonchev–Trinajstić information content (AvgIpc) is 2.52. The molecule has 1 fully saturated rings. The van der Waals surface area contributed by atoms with E-state index >= 15 is 0 Å². The maximum atomic E-state index is 13.8. The first-order valence-electron chi connectivity index (χ1n) is 7.79. The van der Waals surface area contributed by atoms with E-state index in [-0.39, 0.29) is 29.8 Å². The summed E-state index contributed by atoms with van der Waals surface area (Å²) in [5.41, 5.74) is 0.702. The molecular formula is C16H26FIN4. The Hall–Kier alpha value is -1.05. The largest absolute Gasteiger partial charge is 0.366 e. The van der Waals surface area contributed by atoms with Gasteiger partial charge < -0.3 is 15.1 Å². The van der Waals surface area contributed by atoms with Crippen LogP contribution in [0.4, 0.5) is 10.1 Å². The van der Waals surface area contributed by atoms with Crippen molar-refractivity contribution in [2.45, 2.75) is 20.3 Å². The van der Waals surface area contributed by atoms with Gasteiger partial charge in [-0.3, -0.25) is 4.99 Å². The molecule has 1 aliphatic heterocycles. The number of para-hydroxylation sites is 1. The number of aliphatic imine (C=N–C) groups is 1. The Morgan fingerprint density at radius 1 is 1.18 bits per heavy atom. The fourth-order valence-corrected chi connectivity index (χ4v) is 2.51. The van der Waals surface area contributed by atoms with Gasteiger partial charge >= 0.3 is 0 Å². The predicted molar refractivity (Wildman–Crippen MR) is 102 cm³/mol. The van der Waals surface area contributed by atoms with E-state index in [4.69, 9.17) is 0 Å². The molecule has 2 rings (SSSR count). The summed E-state index contributed by atoms with van der Waals surface area (Å²) in [6.45, 7) is 9.29. The lowest BCUT2D eigenvalue weighted by Gasteiger charge is -2.37. The van der Waals surface area contributed by atoms with Gasteiger partial charge in [0.25, 0.3) is 0 Å². The highest BCUT2D eigenvalue weighted by atomic mass is 127. The van der Waals surface area contributed by atoms with E-state index in [1.807, 2.05) is 12.1 Å². The molecule has 1 heterocycles. The molecule has 0 bridgehead atoms. The molecule has 1 aliphatic rings. The van der Waals surface area contributed by atoms with Crippen LogP contribution in [0.3, 0.4) is 0 Å². The van der Waals surface area contributed by atoms with Gasteiger partial charge in [0.15, 0.2) is 5.96 Å². The van der Waals surface area contributed by atoms with Crippen molar-refractivity contribution in [1.82, 2.24) is 10.2 Å². The summed E-state index contributed by atoms with van der Waals surface area (Å²) in [7, 11) is 0. The smallest absolute Gasteiger partial charge is 0.194 e. The number of piperazine rings is 1. The second-order valence-corrected chi connectivity index (χ2v) is 5.16. The SMILES string of the molecule is CCCN=C(NCC)N1CCN(c2ccccc2F)CC1.I. The Balaban J connectivity index is 0.00000242. The zero-order valence-corrected chi connectivity index (χ0v) is 15.7. The molecule has 124 valence electrons. The van der Waals surface area contributed by atoms with Crippen molar-refractivity contribution in [2.24, 2.45) is 4.99 Å². The molecule has 0 aliphatic carbocycles. The fourth-order valence-electron chi connectivity index (χ4n) is 2.51. The first kappa shape index (κ1) is 19.0. The highest BCUT2D eigenvalue weighted by Crippen LogP contribution is 2.20. The van der Waals surface area contributed by atoms with Crippen molar-refractivity contribution in [1.29, 1.82) is 0 Å². The van der Waals surface area contributed by atoms with Crippen LogP contribution in [-0.2, 0) is 0 Å². The summed E-state index contributed by atoms with van der Waals surface area (Å²) >= 11 is 0. The zero-order valence-electron chi connectivity index (χ0n) is 13.4. The van der Waals surface area contributed by atoms with Crippen LogP contribution in [0.15, 0.2) is 29.3 Å².